The van der Waals surface area contributed by atoms with Crippen LogP contribution in [0.5, 0.6) is 0 Å². The lowest BCUT2D eigenvalue weighted by atomic mass is 10.1. The maximum absolute atomic E-state index is 6.04. The molecule has 2 N–H and O–H groups in total. The Bertz CT molecular complexity index is 540. The van der Waals surface area contributed by atoms with Crippen molar-refractivity contribution in [3.8, 4) is 0 Å². The zero-order valence-electron chi connectivity index (χ0n) is 9.99. The minimum Gasteiger partial charge on any atom is -0.369 e. The number of thiophene rings is 1. The van der Waals surface area contributed by atoms with Gasteiger partial charge < -0.3 is 10.6 Å². The van der Waals surface area contributed by atoms with E-state index < -0.39 is 0 Å². The Morgan fingerprint density at radius 3 is 2.61 bits per heavy atom. The molecule has 0 spiro atoms. The molecule has 2 aromatic rings. The number of hydrogen-bond donors (Lipinski definition) is 1. The number of nitrogens with two attached hydrogens (primary N) is 1. The molecule has 0 aliphatic rings. The van der Waals surface area contributed by atoms with Gasteiger partial charge in [0, 0.05) is 29.2 Å². The largest absolute Gasteiger partial charge is 0.369 e. The second kappa shape index (κ2) is 5.93. The van der Waals surface area contributed by atoms with Gasteiger partial charge in [-0.25, -0.2) is 0 Å². The van der Waals surface area contributed by atoms with Crippen molar-refractivity contribution in [2.24, 2.45) is 5.73 Å². The average Bonchev–Trinajstić information content (AvgIpc) is 2.74. The first-order chi connectivity index (χ1) is 8.60. The van der Waals surface area contributed by atoms with Crippen molar-refractivity contribution in [3.63, 3.8) is 0 Å². The monoisotopic (exact) mass is 300 g/mol. The fourth-order valence-corrected chi connectivity index (χ4v) is 3.13. The molecule has 18 heavy (non-hydrogen) atoms. The summed E-state index contributed by atoms with van der Waals surface area (Å²) in [4.78, 5) is 3.35. The molecule has 5 heteroatoms. The van der Waals surface area contributed by atoms with E-state index in [0.29, 0.717) is 6.54 Å². The molecule has 0 amide bonds. The number of benzene rings is 1. The van der Waals surface area contributed by atoms with Gasteiger partial charge in [0.05, 0.1) is 10.9 Å². The SMILES string of the molecule is CN(Cc1ccc(Cl)s1)c1cc(Cl)ccc1CN. The van der Waals surface area contributed by atoms with Crippen LogP contribution in [-0.2, 0) is 13.1 Å². The molecule has 0 unspecified atom stereocenters. The molecule has 2 rings (SSSR count). The molecule has 0 bridgehead atoms. The molecule has 0 radical (unpaired) electrons. The fourth-order valence-electron chi connectivity index (χ4n) is 1.82. The Labute approximate surface area is 121 Å². The van der Waals surface area contributed by atoms with E-state index in [-0.39, 0.29) is 0 Å². The summed E-state index contributed by atoms with van der Waals surface area (Å²) in [6.07, 6.45) is 0. The lowest BCUT2D eigenvalue weighted by Gasteiger charge is -2.21. The maximum Gasteiger partial charge on any atom is 0.0931 e. The number of halogens is 2. The van der Waals surface area contributed by atoms with Crippen LogP contribution in [-0.4, -0.2) is 7.05 Å². The molecule has 1 aromatic heterocycles. The van der Waals surface area contributed by atoms with Crippen LogP contribution in [0.3, 0.4) is 0 Å². The average molecular weight is 301 g/mol. The van der Waals surface area contributed by atoms with Crippen molar-refractivity contribution < 1.29 is 0 Å². The predicted octanol–water partition coefficient (Wildman–Crippen LogP) is 4.15. The van der Waals surface area contributed by atoms with Crippen LogP contribution in [0.15, 0.2) is 30.3 Å². The van der Waals surface area contributed by atoms with E-state index in [9.17, 15) is 0 Å². The Morgan fingerprint density at radius 1 is 1.22 bits per heavy atom. The van der Waals surface area contributed by atoms with Crippen LogP contribution >= 0.6 is 34.5 Å². The van der Waals surface area contributed by atoms with Crippen LogP contribution in [0, 0.1) is 0 Å². The molecule has 0 aliphatic heterocycles. The van der Waals surface area contributed by atoms with Crippen molar-refractivity contribution in [3.05, 3.63) is 50.1 Å². The summed E-state index contributed by atoms with van der Waals surface area (Å²) in [7, 11) is 2.03. The molecule has 0 saturated carbocycles. The van der Waals surface area contributed by atoms with Gasteiger partial charge in [-0.15, -0.1) is 11.3 Å². The van der Waals surface area contributed by atoms with E-state index in [1.54, 1.807) is 11.3 Å². The van der Waals surface area contributed by atoms with Crippen LogP contribution in [0.4, 0.5) is 5.69 Å². The highest BCUT2D eigenvalue weighted by Gasteiger charge is 2.09. The van der Waals surface area contributed by atoms with Gasteiger partial charge in [0.15, 0.2) is 0 Å². The van der Waals surface area contributed by atoms with Crippen LogP contribution in [0.2, 0.25) is 9.36 Å². The van der Waals surface area contributed by atoms with Gasteiger partial charge in [0.25, 0.3) is 0 Å². The molecular weight excluding hydrogens is 287 g/mol. The molecule has 0 aliphatic carbocycles. The molecule has 2 nitrogen and oxygen atoms in total. The lowest BCUT2D eigenvalue weighted by Crippen LogP contribution is -2.18. The quantitative estimate of drug-likeness (QED) is 0.919. The van der Waals surface area contributed by atoms with Gasteiger partial charge in [0.2, 0.25) is 0 Å². The molecule has 96 valence electrons. The van der Waals surface area contributed by atoms with E-state index >= 15 is 0 Å². The van der Waals surface area contributed by atoms with Gasteiger partial charge in [0.1, 0.15) is 0 Å². The first-order valence-corrected chi connectivity index (χ1v) is 7.11. The van der Waals surface area contributed by atoms with Crippen LogP contribution < -0.4 is 10.6 Å². The van der Waals surface area contributed by atoms with E-state index in [2.05, 4.69) is 4.90 Å². The minimum absolute atomic E-state index is 0.502. The summed E-state index contributed by atoms with van der Waals surface area (Å²) in [5.74, 6) is 0. The minimum atomic E-state index is 0.502. The molecule has 0 fully saturated rings. The summed E-state index contributed by atoms with van der Waals surface area (Å²) in [5.41, 5.74) is 7.90. The van der Waals surface area contributed by atoms with Gasteiger partial charge in [-0.05, 0) is 29.8 Å². The van der Waals surface area contributed by atoms with Gasteiger partial charge in [-0.2, -0.15) is 0 Å². The Morgan fingerprint density at radius 2 is 2.00 bits per heavy atom. The van der Waals surface area contributed by atoms with Gasteiger partial charge in [-0.3, -0.25) is 0 Å². The molecule has 0 atom stereocenters. The van der Waals surface area contributed by atoms with Crippen molar-refractivity contribution in [2.45, 2.75) is 13.1 Å². The molecule has 1 aromatic carbocycles. The summed E-state index contributed by atoms with van der Waals surface area (Å²) >= 11 is 13.6. The maximum atomic E-state index is 6.04. The third-order valence-corrected chi connectivity index (χ3v) is 4.15. The predicted molar refractivity (Wildman–Crippen MR) is 80.8 cm³/mol. The third kappa shape index (κ3) is 3.18. The van der Waals surface area contributed by atoms with Crippen molar-refractivity contribution >= 4 is 40.2 Å². The first kappa shape index (κ1) is 13.7. The Hall–Kier alpha value is -0.740. The molecule has 0 saturated heterocycles. The number of nitrogens with zero attached hydrogens (tertiary/aromatic N) is 1. The smallest absolute Gasteiger partial charge is 0.0931 e. The van der Waals surface area contributed by atoms with E-state index in [1.165, 1.54) is 4.88 Å². The summed E-state index contributed by atoms with van der Waals surface area (Å²) in [5, 5.41) is 0.721. The standard InChI is InChI=1S/C13H14Cl2N2S/c1-17(8-11-4-5-13(15)18-11)12-6-10(14)3-2-9(12)7-16/h2-6H,7-8,16H2,1H3. The second-order valence-electron chi connectivity index (χ2n) is 4.04. The number of rotatable bonds is 4. The highest BCUT2D eigenvalue weighted by atomic mass is 35.5. The highest BCUT2D eigenvalue weighted by Crippen LogP contribution is 2.28. The normalized spacial score (nSPS) is 10.7. The lowest BCUT2D eigenvalue weighted by molar-refractivity contribution is 0.918. The summed E-state index contributed by atoms with van der Waals surface area (Å²) < 4.78 is 0.809. The van der Waals surface area contributed by atoms with Crippen LogP contribution in [0.1, 0.15) is 10.4 Å². The van der Waals surface area contributed by atoms with E-state index in [1.807, 2.05) is 37.4 Å². The van der Waals surface area contributed by atoms with Crippen LogP contribution in [0.25, 0.3) is 0 Å². The summed E-state index contributed by atoms with van der Waals surface area (Å²) in [6, 6.07) is 9.73. The summed E-state index contributed by atoms with van der Waals surface area (Å²) in [6.45, 7) is 1.30. The Kier molecular flexibility index (Phi) is 4.51. The topological polar surface area (TPSA) is 29.3 Å². The zero-order chi connectivity index (χ0) is 13.1. The molecule has 1 heterocycles. The molecular formula is C13H14Cl2N2S. The highest BCUT2D eigenvalue weighted by molar-refractivity contribution is 7.16. The van der Waals surface area contributed by atoms with E-state index in [0.717, 1.165) is 27.2 Å². The van der Waals surface area contributed by atoms with E-state index in [4.69, 9.17) is 28.9 Å². The van der Waals surface area contributed by atoms with Crippen molar-refractivity contribution in [2.75, 3.05) is 11.9 Å². The van der Waals surface area contributed by atoms with Crippen molar-refractivity contribution in [1.29, 1.82) is 0 Å². The fraction of sp³-hybridized carbons (Fsp3) is 0.231. The van der Waals surface area contributed by atoms with Gasteiger partial charge in [-0.1, -0.05) is 29.3 Å². The number of hydrogen-bond acceptors (Lipinski definition) is 3. The third-order valence-electron chi connectivity index (χ3n) is 2.70. The zero-order valence-corrected chi connectivity index (χ0v) is 12.3. The van der Waals surface area contributed by atoms with Crippen molar-refractivity contribution in [1.82, 2.24) is 0 Å². The second-order valence-corrected chi connectivity index (χ2v) is 6.28. The Balaban J connectivity index is 2.22. The number of anilines is 1. The first-order valence-electron chi connectivity index (χ1n) is 5.54. The van der Waals surface area contributed by atoms with Gasteiger partial charge >= 0.3 is 0 Å².